The Morgan fingerprint density at radius 3 is 1.44 bits per heavy atom. The molecule has 0 radical (unpaired) electrons. The summed E-state index contributed by atoms with van der Waals surface area (Å²) in [5, 5.41) is 17.1. The molecule has 0 bridgehead atoms. The number of para-hydroxylation sites is 1. The molecule has 0 unspecified atom stereocenters. The van der Waals surface area contributed by atoms with Gasteiger partial charge in [0, 0.05) is 47.5 Å². The van der Waals surface area contributed by atoms with E-state index in [0.717, 1.165) is 15.1 Å². The van der Waals surface area contributed by atoms with E-state index in [1.807, 2.05) is 69.3 Å². The van der Waals surface area contributed by atoms with Crippen LogP contribution in [0.4, 0.5) is 0 Å². The predicted molar refractivity (Wildman–Crippen MR) is 297 cm³/mol. The van der Waals surface area contributed by atoms with Gasteiger partial charge >= 0.3 is 0 Å². The first kappa shape index (κ1) is 61.9. The quantitative estimate of drug-likeness (QED) is 0.0471. The second-order valence-electron chi connectivity index (χ2n) is 16.3. The molecule has 2 N–H and O–H groups in total. The molecule has 4 aliphatic heterocycles. The number of Topliss-reactive ketones (excluding diaryl/α,β-unsaturated/α-hetero) is 6. The molecule has 5 aromatic carbocycles. The van der Waals surface area contributed by atoms with Crippen LogP contribution in [0.3, 0.4) is 0 Å². The maximum Gasteiger partial charge on any atom is 0.298 e. The Hall–Kier alpha value is -8.66. The Bertz CT molecular complexity index is 3330. The number of thioether (sulfide) groups is 1. The zero-order valence-electron chi connectivity index (χ0n) is 42.3. The molecule has 23 heteroatoms. The van der Waals surface area contributed by atoms with E-state index in [9.17, 15) is 51.6 Å². The van der Waals surface area contributed by atoms with Crippen LogP contribution in [-0.2, 0) is 24.2 Å². The summed E-state index contributed by atoms with van der Waals surface area (Å²) >= 11 is 11.3. The van der Waals surface area contributed by atoms with Crippen LogP contribution in [0.15, 0.2) is 114 Å². The Morgan fingerprint density at radius 1 is 0.603 bits per heavy atom. The smallest absolute Gasteiger partial charge is 0.298 e. The fourth-order valence-electron chi connectivity index (χ4n) is 7.71. The van der Waals surface area contributed by atoms with Crippen molar-refractivity contribution in [1.29, 1.82) is 10.5 Å². The number of nitrogens with two attached hydrogens (primary N) is 1. The van der Waals surface area contributed by atoms with Crippen LogP contribution in [0.5, 0.6) is 5.75 Å². The van der Waals surface area contributed by atoms with Gasteiger partial charge in [0.1, 0.15) is 28.3 Å². The number of sulfone groups is 1. The summed E-state index contributed by atoms with van der Waals surface area (Å²) in [6.07, 6.45) is 1.28. The summed E-state index contributed by atoms with van der Waals surface area (Å²) in [5.41, 5.74) is 7.52. The van der Waals surface area contributed by atoms with Gasteiger partial charge in [0.15, 0.2) is 56.7 Å². The van der Waals surface area contributed by atoms with Gasteiger partial charge in [-0.15, -0.1) is 0 Å². The van der Waals surface area contributed by atoms with E-state index in [1.165, 1.54) is 33.8 Å². The Labute approximate surface area is 464 Å². The van der Waals surface area contributed by atoms with Gasteiger partial charge < -0.3 is 15.3 Å². The number of hydrogen-bond acceptors (Lipinski definition) is 18. The van der Waals surface area contributed by atoms with Crippen LogP contribution in [0.2, 0.25) is 0 Å². The minimum atomic E-state index is -3.30. The van der Waals surface area contributed by atoms with Crippen molar-refractivity contribution in [1.82, 2.24) is 14.7 Å². The van der Waals surface area contributed by atoms with Gasteiger partial charge in [0.2, 0.25) is 23.5 Å². The van der Waals surface area contributed by atoms with Crippen molar-refractivity contribution in [3.05, 3.63) is 154 Å². The van der Waals surface area contributed by atoms with E-state index in [1.54, 1.807) is 65.6 Å². The maximum absolute atomic E-state index is 11.5. The standard InChI is InChI=1S/C13H8O2.C9H6O2.C8H12N2O2S.C8H6O3S.C8H6O2.C5H7NOS2.C3H2N2.CH2N2/c14-12-7-13(15)11-6-9-4-2-1-3-8(9)5-10(11)12;10-8-5-9(11)7-4-2-1-3-6(7)8;1-3-9-6(11)5-7(12)10(4-2)8(9)13;9-7-5-12(10,11)8-4-2-1-3-6(7)8;9-7-5-10-8-4-2-1-3-6(7)8;1-2-6-4(7)3-9-5(6)8;1-5-3-2-4;2-1-3/h1-6H,7H2;1-4H,5H2;3-5H2,1-2H3;1-4H,5H2;1-4H,5H2;2-3H2,1H3;3H2;2H2. The Balaban J connectivity index is 0.000000198. The van der Waals surface area contributed by atoms with Crippen molar-refractivity contribution in [3.8, 4) is 18.0 Å². The van der Waals surface area contributed by atoms with Gasteiger partial charge in [-0.1, -0.05) is 103 Å². The highest BCUT2D eigenvalue weighted by atomic mass is 32.2. The second-order valence-corrected chi connectivity index (χ2v) is 20.2. The molecule has 0 aromatic heterocycles. The number of benzene rings is 5. The van der Waals surface area contributed by atoms with E-state index in [0.29, 0.717) is 69.6 Å². The largest absolute Gasteiger partial charge is 0.485 e. The average molecular weight is 1130 g/mol. The lowest BCUT2D eigenvalue weighted by Gasteiger charge is -2.34. The fraction of sp³-hybridized carbons (Fsp3) is 0.236. The third-order valence-electron chi connectivity index (χ3n) is 11.4. The normalized spacial score (nSPS) is 15.5. The zero-order chi connectivity index (χ0) is 57.7. The molecule has 0 spiro atoms. The predicted octanol–water partition coefficient (Wildman–Crippen LogP) is 7.08. The first-order chi connectivity index (χ1) is 37.2. The van der Waals surface area contributed by atoms with Crippen molar-refractivity contribution < 1.29 is 56.3 Å². The molecule has 5 aromatic rings. The lowest BCUT2D eigenvalue weighted by atomic mass is 10.0. The van der Waals surface area contributed by atoms with Gasteiger partial charge in [-0.2, -0.15) is 10.5 Å². The summed E-state index contributed by atoms with van der Waals surface area (Å²) in [4.78, 5) is 108. The number of nitrogens with zero attached hydrogens (tertiary/aromatic N) is 6. The van der Waals surface area contributed by atoms with Crippen molar-refractivity contribution in [3.63, 3.8) is 0 Å². The average Bonchev–Trinajstić information content (AvgIpc) is 4.22. The number of ketones is 6. The van der Waals surface area contributed by atoms with Gasteiger partial charge in [0.05, 0.1) is 29.1 Å². The number of fused-ring (bicyclic) bond motifs is 5. The molecule has 2 saturated heterocycles. The molecule has 4 heterocycles. The van der Waals surface area contributed by atoms with Crippen molar-refractivity contribution in [2.75, 3.05) is 44.3 Å². The third-order valence-corrected chi connectivity index (χ3v) is 14.9. The molecule has 11 rings (SSSR count). The maximum atomic E-state index is 11.5. The van der Waals surface area contributed by atoms with Gasteiger partial charge in [-0.25, -0.2) is 15.0 Å². The third kappa shape index (κ3) is 15.9. The van der Waals surface area contributed by atoms with E-state index in [2.05, 4.69) is 10.6 Å². The van der Waals surface area contributed by atoms with Crippen LogP contribution in [0.25, 0.3) is 15.6 Å². The lowest BCUT2D eigenvalue weighted by molar-refractivity contribution is -0.140. The molecule has 19 nitrogen and oxygen atoms in total. The second kappa shape index (κ2) is 29.6. The minimum Gasteiger partial charge on any atom is -0.485 e. The Kier molecular flexibility index (Phi) is 23.5. The van der Waals surface area contributed by atoms with Crippen LogP contribution in [0, 0.1) is 29.4 Å². The van der Waals surface area contributed by atoms with Crippen molar-refractivity contribution in [2.24, 2.45) is 5.73 Å². The first-order valence-corrected chi connectivity index (χ1v) is 26.9. The highest BCUT2D eigenvalue weighted by Gasteiger charge is 2.34. The van der Waals surface area contributed by atoms with E-state index < -0.39 is 9.84 Å². The van der Waals surface area contributed by atoms with Crippen LogP contribution in [-0.4, -0.2) is 129 Å². The number of amides is 3. The number of rotatable bonds is 3. The van der Waals surface area contributed by atoms with E-state index >= 15 is 0 Å². The van der Waals surface area contributed by atoms with Crippen molar-refractivity contribution >= 4 is 119 Å². The monoisotopic (exact) mass is 1130 g/mol. The fourth-order valence-corrected chi connectivity index (χ4v) is 10.8. The zero-order valence-corrected chi connectivity index (χ0v) is 45.5. The van der Waals surface area contributed by atoms with Crippen LogP contribution >= 0.6 is 36.2 Å². The molecule has 6 aliphatic rings. The summed E-state index contributed by atoms with van der Waals surface area (Å²) in [5.74, 6) is 0.210. The Morgan fingerprint density at radius 2 is 1.04 bits per heavy atom. The van der Waals surface area contributed by atoms with E-state index in [4.69, 9.17) is 46.3 Å². The highest BCUT2D eigenvalue weighted by molar-refractivity contribution is 8.24. The number of nitriles is 2. The lowest BCUT2D eigenvalue weighted by Crippen LogP contribution is -2.54. The summed E-state index contributed by atoms with van der Waals surface area (Å²) in [7, 11) is -3.30. The van der Waals surface area contributed by atoms with Crippen LogP contribution in [0.1, 0.15) is 102 Å². The minimum absolute atomic E-state index is 0.0139. The summed E-state index contributed by atoms with van der Waals surface area (Å²) < 4.78 is 28.3. The number of carbonyl (C=O) groups excluding carboxylic acids is 9. The SMILES string of the molecule is CCN1C(=O)CC(=O)N(CC)C1=S.CCN1C(=O)CSC1=S.N#CN.O=C1CC(=O)c2cc3ccccc3cc21.O=C1CC(=O)c2ccccc21.O=C1COc2ccccc21.O=C1CS(=O)(=O)c2ccccc21.[C-]#[N+]CC#N. The van der Waals surface area contributed by atoms with Crippen LogP contribution < -0.4 is 10.5 Å². The molecule has 0 saturated carbocycles. The van der Waals surface area contributed by atoms with Gasteiger partial charge in [-0.3, -0.25) is 57.9 Å². The number of ether oxygens (including phenoxy) is 1. The van der Waals surface area contributed by atoms with E-state index in [-0.39, 0.29) is 95.5 Å². The van der Waals surface area contributed by atoms with Crippen molar-refractivity contribution in [2.45, 2.75) is 44.9 Å². The number of thiocarbonyl (C=S) groups is 2. The number of carbonyl (C=O) groups is 9. The molecular formula is C55H49N7O12S4. The molecule has 400 valence electrons. The molecule has 78 heavy (non-hydrogen) atoms. The number of hydrogen-bond donors (Lipinski definition) is 1. The molecule has 2 fully saturated rings. The van der Waals surface area contributed by atoms with Gasteiger partial charge in [0.25, 0.3) is 6.54 Å². The molecule has 3 amide bonds. The highest BCUT2D eigenvalue weighted by Crippen LogP contribution is 2.28. The van der Waals surface area contributed by atoms with Gasteiger partial charge in [-0.05, 0) is 74.1 Å². The molecular weight excluding hydrogens is 1080 g/mol. The molecule has 0 atom stereocenters. The summed E-state index contributed by atoms with van der Waals surface area (Å²) in [6, 6.07) is 33.6. The first-order valence-electron chi connectivity index (χ1n) is 23.5. The topological polar surface area (TPSA) is 285 Å². The summed E-state index contributed by atoms with van der Waals surface area (Å²) in [6.45, 7) is 13.6. The molecule has 2 aliphatic carbocycles.